The molecule has 0 atom stereocenters. The Morgan fingerprint density at radius 2 is 2.10 bits per heavy atom. The number of halogens is 3. The number of rotatable bonds is 3. The molecule has 0 unspecified atom stereocenters. The van der Waals surface area contributed by atoms with Crippen LogP contribution in [-0.2, 0) is 0 Å². The molecule has 1 aromatic rings. The summed E-state index contributed by atoms with van der Waals surface area (Å²) in [5.74, 6) is -1.45. The van der Waals surface area contributed by atoms with Crippen molar-refractivity contribution in [1.29, 1.82) is 0 Å². The lowest BCUT2D eigenvalue weighted by Crippen LogP contribution is -2.58. The molecule has 1 amide bonds. The highest BCUT2D eigenvalue weighted by Gasteiger charge is 2.54. The summed E-state index contributed by atoms with van der Waals surface area (Å²) in [6, 6.07) is 1.48. The Morgan fingerprint density at radius 1 is 1.48 bits per heavy atom. The van der Waals surface area contributed by atoms with E-state index in [0.29, 0.717) is 11.1 Å². The van der Waals surface area contributed by atoms with Crippen LogP contribution in [-0.4, -0.2) is 29.7 Å². The number of aryl methyl sites for hydroxylation is 1. The van der Waals surface area contributed by atoms with Crippen LogP contribution < -0.4 is 10.1 Å². The van der Waals surface area contributed by atoms with E-state index in [4.69, 9.17) is 4.74 Å². The molecular formula is C14H17F3N2O2. The van der Waals surface area contributed by atoms with Crippen LogP contribution in [0.2, 0.25) is 0 Å². The first-order valence-corrected chi connectivity index (χ1v) is 6.54. The first-order valence-electron chi connectivity index (χ1n) is 6.54. The van der Waals surface area contributed by atoms with Crippen molar-refractivity contribution in [2.75, 3.05) is 7.11 Å². The van der Waals surface area contributed by atoms with E-state index < -0.39 is 23.5 Å². The monoisotopic (exact) mass is 302 g/mol. The summed E-state index contributed by atoms with van der Waals surface area (Å²) in [5, 5.41) is 2.68. The van der Waals surface area contributed by atoms with Gasteiger partial charge in [0.05, 0.1) is 13.0 Å². The van der Waals surface area contributed by atoms with Gasteiger partial charge in [-0.15, -0.1) is 0 Å². The van der Waals surface area contributed by atoms with Gasteiger partial charge in [0.25, 0.3) is 5.91 Å². The number of methoxy groups -OCH3 is 1. The lowest BCUT2D eigenvalue weighted by atomic mass is 9.69. The van der Waals surface area contributed by atoms with E-state index in [9.17, 15) is 18.0 Å². The van der Waals surface area contributed by atoms with Crippen LogP contribution in [0.3, 0.4) is 0 Å². The highest BCUT2D eigenvalue weighted by atomic mass is 19.4. The maximum absolute atomic E-state index is 12.5. The number of nitrogens with one attached hydrogen (secondary N) is 1. The number of ether oxygens (including phenoxy) is 1. The lowest BCUT2D eigenvalue weighted by Gasteiger charge is -2.46. The van der Waals surface area contributed by atoms with Crippen LogP contribution in [0.1, 0.15) is 35.7 Å². The van der Waals surface area contributed by atoms with Crippen LogP contribution in [0.5, 0.6) is 5.88 Å². The van der Waals surface area contributed by atoms with E-state index in [1.54, 1.807) is 13.8 Å². The molecule has 1 fully saturated rings. The topological polar surface area (TPSA) is 51.2 Å². The van der Waals surface area contributed by atoms with Crippen molar-refractivity contribution in [2.24, 2.45) is 5.92 Å². The van der Waals surface area contributed by atoms with E-state index in [2.05, 4.69) is 10.3 Å². The minimum absolute atomic E-state index is 0.0937. The lowest BCUT2D eigenvalue weighted by molar-refractivity contribution is -0.208. The summed E-state index contributed by atoms with van der Waals surface area (Å²) >= 11 is 0. The van der Waals surface area contributed by atoms with Gasteiger partial charge in [0.15, 0.2) is 0 Å². The summed E-state index contributed by atoms with van der Waals surface area (Å²) in [4.78, 5) is 16.2. The van der Waals surface area contributed by atoms with E-state index in [1.807, 2.05) is 0 Å². The molecule has 0 aliphatic heterocycles. The van der Waals surface area contributed by atoms with Crippen LogP contribution >= 0.6 is 0 Å². The zero-order valence-electron chi connectivity index (χ0n) is 12.0. The number of hydrogen-bond acceptors (Lipinski definition) is 3. The largest absolute Gasteiger partial charge is 0.481 e. The number of aromatic nitrogens is 1. The molecule has 2 rings (SSSR count). The second-order valence-corrected chi connectivity index (χ2v) is 5.70. The summed E-state index contributed by atoms with van der Waals surface area (Å²) in [6.07, 6.45) is -2.89. The normalized spacial score (nSPS) is 25.1. The zero-order chi connectivity index (χ0) is 15.8. The third-order valence-corrected chi connectivity index (χ3v) is 3.80. The highest BCUT2D eigenvalue weighted by Crippen LogP contribution is 2.47. The number of pyridine rings is 1. The van der Waals surface area contributed by atoms with Gasteiger partial charge in [-0.05, 0) is 32.3 Å². The maximum Gasteiger partial charge on any atom is 0.391 e. The molecule has 116 valence electrons. The zero-order valence-corrected chi connectivity index (χ0v) is 12.0. The second kappa shape index (κ2) is 5.20. The number of carbonyl (C=O) groups is 1. The Labute approximate surface area is 120 Å². The van der Waals surface area contributed by atoms with Gasteiger partial charge in [-0.25, -0.2) is 4.98 Å². The van der Waals surface area contributed by atoms with Crippen LogP contribution in [0.15, 0.2) is 12.3 Å². The summed E-state index contributed by atoms with van der Waals surface area (Å²) < 4.78 is 42.5. The molecule has 1 aromatic heterocycles. The van der Waals surface area contributed by atoms with Crippen LogP contribution in [0, 0.1) is 12.8 Å². The Bertz CT molecular complexity index is 552. The molecular weight excluding hydrogens is 285 g/mol. The minimum Gasteiger partial charge on any atom is -0.481 e. The standard InChI is InChI=1S/C14H17F3N2O2/c1-8-7-18-11(21-3)4-10(8)12(20)19-13(2)5-9(6-13)14(15,16)17/h4,7,9H,5-6H2,1-3H3,(H,19,20). The van der Waals surface area contributed by atoms with Gasteiger partial charge in [0.2, 0.25) is 5.88 Å². The molecule has 0 aromatic carbocycles. The molecule has 21 heavy (non-hydrogen) atoms. The third-order valence-electron chi connectivity index (χ3n) is 3.80. The van der Waals surface area contributed by atoms with Crippen molar-refractivity contribution in [2.45, 2.75) is 38.4 Å². The van der Waals surface area contributed by atoms with Gasteiger partial charge in [-0.3, -0.25) is 4.79 Å². The number of alkyl halides is 3. The minimum atomic E-state index is -4.19. The van der Waals surface area contributed by atoms with E-state index in [1.165, 1.54) is 19.4 Å². The SMILES string of the molecule is COc1cc(C(=O)NC2(C)CC(C(F)(F)F)C2)c(C)cn1. The van der Waals surface area contributed by atoms with Gasteiger partial charge < -0.3 is 10.1 Å². The predicted octanol–water partition coefficient (Wildman–Crippen LogP) is 2.86. The first-order chi connectivity index (χ1) is 9.64. The van der Waals surface area contributed by atoms with Gasteiger partial charge in [0.1, 0.15) is 0 Å². The number of hydrogen-bond donors (Lipinski definition) is 1. The third kappa shape index (κ3) is 3.28. The van der Waals surface area contributed by atoms with E-state index in [0.717, 1.165) is 0 Å². The highest BCUT2D eigenvalue weighted by molar-refractivity contribution is 5.96. The fourth-order valence-corrected chi connectivity index (χ4v) is 2.56. The molecule has 0 spiro atoms. The number of amides is 1. The fraction of sp³-hybridized carbons (Fsp3) is 0.571. The molecule has 4 nitrogen and oxygen atoms in total. The van der Waals surface area contributed by atoms with Gasteiger partial charge in [-0.2, -0.15) is 13.2 Å². The molecule has 0 saturated heterocycles. The Kier molecular flexibility index (Phi) is 3.86. The van der Waals surface area contributed by atoms with E-state index >= 15 is 0 Å². The average Bonchev–Trinajstić information content (AvgIpc) is 2.35. The molecule has 1 aliphatic rings. The van der Waals surface area contributed by atoms with Crippen LogP contribution in [0.4, 0.5) is 13.2 Å². The van der Waals surface area contributed by atoms with Crippen molar-refractivity contribution < 1.29 is 22.7 Å². The van der Waals surface area contributed by atoms with Crippen molar-refractivity contribution >= 4 is 5.91 Å². The van der Waals surface area contributed by atoms with Gasteiger partial charge in [0, 0.05) is 23.4 Å². The molecule has 1 heterocycles. The average molecular weight is 302 g/mol. The predicted molar refractivity (Wildman–Crippen MR) is 70.2 cm³/mol. The Balaban J connectivity index is 2.06. The molecule has 7 heteroatoms. The smallest absolute Gasteiger partial charge is 0.391 e. The molecule has 1 aliphatic carbocycles. The fourth-order valence-electron chi connectivity index (χ4n) is 2.56. The number of nitrogens with zero attached hydrogens (tertiary/aromatic N) is 1. The van der Waals surface area contributed by atoms with Gasteiger partial charge >= 0.3 is 6.18 Å². The van der Waals surface area contributed by atoms with Crippen molar-refractivity contribution in [3.05, 3.63) is 23.4 Å². The molecule has 0 bridgehead atoms. The van der Waals surface area contributed by atoms with Crippen molar-refractivity contribution in [3.63, 3.8) is 0 Å². The summed E-state index contributed by atoms with van der Waals surface area (Å²) in [6.45, 7) is 3.34. The molecule has 0 radical (unpaired) electrons. The Morgan fingerprint density at radius 3 is 2.62 bits per heavy atom. The molecule has 1 N–H and O–H groups in total. The first kappa shape index (κ1) is 15.6. The molecule has 1 saturated carbocycles. The maximum atomic E-state index is 12.5. The second-order valence-electron chi connectivity index (χ2n) is 5.70. The number of carbonyl (C=O) groups excluding carboxylic acids is 1. The van der Waals surface area contributed by atoms with E-state index in [-0.39, 0.29) is 18.7 Å². The van der Waals surface area contributed by atoms with Gasteiger partial charge in [-0.1, -0.05) is 0 Å². The Hall–Kier alpha value is -1.79. The summed E-state index contributed by atoms with van der Waals surface area (Å²) in [7, 11) is 1.43. The van der Waals surface area contributed by atoms with Crippen molar-refractivity contribution in [1.82, 2.24) is 10.3 Å². The van der Waals surface area contributed by atoms with Crippen LogP contribution in [0.25, 0.3) is 0 Å². The quantitative estimate of drug-likeness (QED) is 0.934. The summed E-state index contributed by atoms with van der Waals surface area (Å²) in [5.41, 5.74) is 0.183. The van der Waals surface area contributed by atoms with Crippen molar-refractivity contribution in [3.8, 4) is 5.88 Å².